The summed E-state index contributed by atoms with van der Waals surface area (Å²) in [6.07, 6.45) is 19.2. The summed E-state index contributed by atoms with van der Waals surface area (Å²) in [4.78, 5) is 13.9. The van der Waals surface area contributed by atoms with Crippen LogP contribution in [0.25, 0.3) is 33.5 Å². The van der Waals surface area contributed by atoms with Crippen molar-refractivity contribution in [3.8, 4) is 33.8 Å². The second-order valence-electron chi connectivity index (χ2n) is 15.5. The minimum Gasteiger partial charge on any atom is -0.487 e. The number of halogens is 1. The Labute approximate surface area is 321 Å². The standard InChI is InChI=1S/C21H25BrN4O.C21H26N4O/c1-21(2,15-25-10-4-3-5-11-25)27-18-8-6-16(7-9-18)17-12-23-20-19(22)13-24-26(20)14-17;1-21(2,16-24-12-4-3-5-13-24)26-19-8-6-17(7-9-19)18-14-22-20-10-11-23-25(20)15-18/h6-9,12-14H,3-5,10-11,15H2,1-2H3;6-11,14-15H,3-5,12-13,16H2,1-2H3. The Balaban J connectivity index is 0.000000164. The maximum atomic E-state index is 6.29. The molecule has 4 aromatic heterocycles. The fourth-order valence-electron chi connectivity index (χ4n) is 7.40. The van der Waals surface area contributed by atoms with Gasteiger partial charge in [0.2, 0.25) is 0 Å². The van der Waals surface area contributed by atoms with E-state index in [0.29, 0.717) is 0 Å². The van der Waals surface area contributed by atoms with Crippen molar-refractivity contribution in [3.05, 3.63) is 96.3 Å². The van der Waals surface area contributed by atoms with Crippen LogP contribution in [0.2, 0.25) is 0 Å². The topological polar surface area (TPSA) is 85.3 Å². The molecule has 0 unspecified atom stereocenters. The number of rotatable bonds is 10. The number of ether oxygens (including phenoxy) is 2. The van der Waals surface area contributed by atoms with Crippen molar-refractivity contribution in [1.29, 1.82) is 0 Å². The minimum absolute atomic E-state index is 0.200. The monoisotopic (exact) mass is 778 g/mol. The van der Waals surface area contributed by atoms with Crippen LogP contribution in [0, 0.1) is 0 Å². The molecule has 10 nitrogen and oxygen atoms in total. The summed E-state index contributed by atoms with van der Waals surface area (Å²) in [6.45, 7) is 15.4. The summed E-state index contributed by atoms with van der Waals surface area (Å²) in [5.41, 5.74) is 5.53. The van der Waals surface area contributed by atoms with E-state index >= 15 is 0 Å². The molecule has 0 spiro atoms. The SMILES string of the molecule is CC(C)(CN1CCCCC1)Oc1ccc(-c2cnc3c(Br)cnn3c2)cc1.CC(C)(CN1CCCCC1)Oc1ccc(-c2cnc3ccnn3c2)cc1. The van der Waals surface area contributed by atoms with Crippen LogP contribution in [0.4, 0.5) is 0 Å². The number of piperidine rings is 2. The largest absolute Gasteiger partial charge is 0.487 e. The Morgan fingerprint density at radius 1 is 0.566 bits per heavy atom. The molecule has 0 amide bonds. The van der Waals surface area contributed by atoms with Crippen LogP contribution in [0.1, 0.15) is 66.2 Å². The second kappa shape index (κ2) is 16.4. The van der Waals surface area contributed by atoms with Crippen LogP contribution in [0.3, 0.4) is 0 Å². The zero-order valence-electron chi connectivity index (χ0n) is 31.4. The molecule has 0 bridgehead atoms. The fraction of sp³-hybridized carbons (Fsp3) is 0.429. The predicted molar refractivity (Wildman–Crippen MR) is 215 cm³/mol. The van der Waals surface area contributed by atoms with Gasteiger partial charge in [-0.15, -0.1) is 0 Å². The first kappa shape index (κ1) is 37.0. The maximum absolute atomic E-state index is 6.29. The molecule has 0 aliphatic carbocycles. The van der Waals surface area contributed by atoms with Gasteiger partial charge >= 0.3 is 0 Å². The van der Waals surface area contributed by atoms with Crippen molar-refractivity contribution in [2.45, 2.75) is 77.4 Å². The Kier molecular flexibility index (Phi) is 11.4. The van der Waals surface area contributed by atoms with Crippen molar-refractivity contribution in [1.82, 2.24) is 39.0 Å². The van der Waals surface area contributed by atoms with E-state index in [9.17, 15) is 0 Å². The lowest BCUT2D eigenvalue weighted by atomic mass is 10.1. The second-order valence-corrected chi connectivity index (χ2v) is 16.4. The third kappa shape index (κ3) is 9.82. The van der Waals surface area contributed by atoms with Crippen LogP contribution in [0.5, 0.6) is 11.5 Å². The van der Waals surface area contributed by atoms with E-state index in [1.54, 1.807) is 21.4 Å². The normalized spacial score (nSPS) is 16.0. The van der Waals surface area contributed by atoms with Gasteiger partial charge in [-0.25, -0.2) is 19.0 Å². The summed E-state index contributed by atoms with van der Waals surface area (Å²) in [6, 6.07) is 18.4. The maximum Gasteiger partial charge on any atom is 0.169 e. The molecule has 0 saturated carbocycles. The fourth-order valence-corrected chi connectivity index (χ4v) is 7.77. The molecule has 6 heterocycles. The molecule has 11 heteroatoms. The first-order valence-electron chi connectivity index (χ1n) is 18.9. The van der Waals surface area contributed by atoms with Crippen LogP contribution in [-0.2, 0) is 0 Å². The minimum atomic E-state index is -0.208. The van der Waals surface area contributed by atoms with Gasteiger partial charge in [0, 0.05) is 55.1 Å². The smallest absolute Gasteiger partial charge is 0.169 e. The Morgan fingerprint density at radius 2 is 1.06 bits per heavy atom. The number of aromatic nitrogens is 6. The van der Waals surface area contributed by atoms with E-state index in [-0.39, 0.29) is 11.2 Å². The van der Waals surface area contributed by atoms with E-state index in [4.69, 9.17) is 9.47 Å². The zero-order valence-corrected chi connectivity index (χ0v) is 33.0. The molecule has 2 saturated heterocycles. The lowest BCUT2D eigenvalue weighted by Crippen LogP contribution is -2.44. The van der Waals surface area contributed by atoms with Gasteiger partial charge in [-0.05, 0) is 131 Å². The Bertz CT molecular complexity index is 2080. The predicted octanol–water partition coefficient (Wildman–Crippen LogP) is 8.84. The highest BCUT2D eigenvalue weighted by molar-refractivity contribution is 9.10. The van der Waals surface area contributed by atoms with E-state index in [1.165, 1.54) is 64.7 Å². The highest BCUT2D eigenvalue weighted by Gasteiger charge is 2.26. The number of nitrogens with zero attached hydrogens (tertiary/aromatic N) is 8. The van der Waals surface area contributed by atoms with E-state index < -0.39 is 0 Å². The molecule has 2 aliphatic rings. The van der Waals surface area contributed by atoms with Gasteiger partial charge in [0.15, 0.2) is 11.3 Å². The van der Waals surface area contributed by atoms with Gasteiger partial charge in [0.25, 0.3) is 0 Å². The third-order valence-corrected chi connectivity index (χ3v) is 10.4. The lowest BCUT2D eigenvalue weighted by Gasteiger charge is -2.35. The number of hydrogen-bond acceptors (Lipinski definition) is 8. The van der Waals surface area contributed by atoms with E-state index in [1.807, 2.05) is 55.1 Å². The Morgan fingerprint density at radius 3 is 1.58 bits per heavy atom. The van der Waals surface area contributed by atoms with Crippen LogP contribution in [0.15, 0.2) is 96.3 Å². The quantitative estimate of drug-likeness (QED) is 0.136. The van der Waals surface area contributed by atoms with Gasteiger partial charge in [0.1, 0.15) is 22.7 Å². The molecule has 0 N–H and O–H groups in total. The van der Waals surface area contributed by atoms with Crippen LogP contribution < -0.4 is 9.47 Å². The van der Waals surface area contributed by atoms with Gasteiger partial charge in [-0.3, -0.25) is 9.80 Å². The lowest BCUT2D eigenvalue weighted by molar-refractivity contribution is 0.0517. The van der Waals surface area contributed by atoms with E-state index in [2.05, 4.69) is 97.9 Å². The molecular weight excluding hydrogens is 728 g/mol. The number of likely N-dealkylation sites (tertiary alicyclic amines) is 2. The average Bonchev–Trinajstić information content (AvgIpc) is 3.78. The molecule has 2 aromatic carbocycles. The van der Waals surface area contributed by atoms with Crippen molar-refractivity contribution in [3.63, 3.8) is 0 Å². The molecule has 53 heavy (non-hydrogen) atoms. The van der Waals surface area contributed by atoms with Gasteiger partial charge in [-0.2, -0.15) is 10.2 Å². The highest BCUT2D eigenvalue weighted by atomic mass is 79.9. The summed E-state index contributed by atoms with van der Waals surface area (Å²) in [5, 5.41) is 8.55. The van der Waals surface area contributed by atoms with Crippen molar-refractivity contribution in [2.24, 2.45) is 0 Å². The van der Waals surface area contributed by atoms with Gasteiger partial charge in [-0.1, -0.05) is 37.1 Å². The number of hydrogen-bond donors (Lipinski definition) is 0. The van der Waals surface area contributed by atoms with E-state index in [0.717, 1.165) is 62.6 Å². The molecule has 278 valence electrons. The average molecular weight is 780 g/mol. The van der Waals surface area contributed by atoms with Gasteiger partial charge in [0.05, 0.1) is 16.9 Å². The number of fused-ring (bicyclic) bond motifs is 2. The molecular formula is C42H51BrN8O2. The first-order valence-corrected chi connectivity index (χ1v) is 19.7. The third-order valence-electron chi connectivity index (χ3n) is 9.83. The van der Waals surface area contributed by atoms with Crippen molar-refractivity contribution < 1.29 is 9.47 Å². The van der Waals surface area contributed by atoms with Crippen LogP contribution >= 0.6 is 15.9 Å². The van der Waals surface area contributed by atoms with Crippen LogP contribution in [-0.4, -0.2) is 89.5 Å². The Hall–Kier alpha value is -4.32. The highest BCUT2D eigenvalue weighted by Crippen LogP contribution is 2.28. The summed E-state index contributed by atoms with van der Waals surface area (Å²) < 4.78 is 17.0. The number of benzene rings is 2. The molecule has 2 fully saturated rings. The summed E-state index contributed by atoms with van der Waals surface area (Å²) in [5.74, 6) is 1.81. The summed E-state index contributed by atoms with van der Waals surface area (Å²) >= 11 is 3.45. The molecule has 6 aromatic rings. The molecule has 2 aliphatic heterocycles. The first-order chi connectivity index (χ1) is 25.6. The zero-order chi connectivity index (χ0) is 36.8. The van der Waals surface area contributed by atoms with Crippen molar-refractivity contribution >= 4 is 27.2 Å². The summed E-state index contributed by atoms with van der Waals surface area (Å²) in [7, 11) is 0. The molecule has 0 radical (unpaired) electrons. The molecule has 0 atom stereocenters. The molecule has 8 rings (SSSR count). The van der Waals surface area contributed by atoms with Gasteiger partial charge < -0.3 is 9.47 Å². The van der Waals surface area contributed by atoms with Crippen molar-refractivity contribution in [2.75, 3.05) is 39.3 Å².